The number of nitrogens with one attached hydrogen (secondary N) is 1. The molecule has 1 aromatic rings. The Balaban J connectivity index is 1.63. The van der Waals surface area contributed by atoms with Gasteiger partial charge in [0.05, 0.1) is 6.54 Å². The van der Waals surface area contributed by atoms with Crippen molar-refractivity contribution in [1.82, 2.24) is 5.32 Å². The summed E-state index contributed by atoms with van der Waals surface area (Å²) in [5, 5.41) is 3.57. The van der Waals surface area contributed by atoms with E-state index in [1.807, 2.05) is 12.1 Å². The van der Waals surface area contributed by atoms with Crippen LogP contribution in [0.1, 0.15) is 12.8 Å². The fourth-order valence-corrected chi connectivity index (χ4v) is 2.10. The highest BCUT2D eigenvalue weighted by Gasteiger charge is 2.20. The third-order valence-electron chi connectivity index (χ3n) is 3.08. The van der Waals surface area contributed by atoms with Crippen molar-refractivity contribution in [2.24, 2.45) is 5.92 Å². The molecule has 5 heteroatoms. The van der Waals surface area contributed by atoms with Crippen molar-refractivity contribution in [3.8, 4) is 5.75 Å². The van der Waals surface area contributed by atoms with E-state index in [0.29, 0.717) is 31.4 Å². The number of benzene rings is 1. The molecule has 4 nitrogen and oxygen atoms in total. The molecule has 0 aromatic heterocycles. The second-order valence-corrected chi connectivity index (χ2v) is 4.92. The molecule has 19 heavy (non-hydrogen) atoms. The lowest BCUT2D eigenvalue weighted by Crippen LogP contribution is -2.36. The van der Waals surface area contributed by atoms with Gasteiger partial charge >= 0.3 is 0 Å². The Morgan fingerprint density at radius 3 is 2.68 bits per heavy atom. The topological polar surface area (TPSA) is 47.6 Å². The highest BCUT2D eigenvalue weighted by molar-refractivity contribution is 6.30. The zero-order chi connectivity index (χ0) is 13.5. The van der Waals surface area contributed by atoms with E-state index in [1.54, 1.807) is 12.1 Å². The van der Waals surface area contributed by atoms with Gasteiger partial charge in [-0.15, -0.1) is 0 Å². The van der Waals surface area contributed by atoms with E-state index in [0.717, 1.165) is 18.6 Å². The van der Waals surface area contributed by atoms with Gasteiger partial charge in [-0.1, -0.05) is 11.6 Å². The van der Waals surface area contributed by atoms with Crippen molar-refractivity contribution in [3.05, 3.63) is 29.3 Å². The minimum absolute atomic E-state index is 0.0873. The maximum absolute atomic E-state index is 11.8. The van der Waals surface area contributed by atoms with Gasteiger partial charge in [0.25, 0.3) is 0 Å². The molecule has 1 heterocycles. The molecular formula is C14H18ClNO3. The summed E-state index contributed by atoms with van der Waals surface area (Å²) in [5.41, 5.74) is 0. The average molecular weight is 284 g/mol. The number of carbonyl (C=O) groups is 1. The molecule has 1 aromatic carbocycles. The van der Waals surface area contributed by atoms with Gasteiger partial charge in [-0.25, -0.2) is 0 Å². The van der Waals surface area contributed by atoms with Crippen molar-refractivity contribution in [1.29, 1.82) is 0 Å². The van der Waals surface area contributed by atoms with E-state index in [4.69, 9.17) is 21.1 Å². The predicted octanol–water partition coefficient (Wildman–Crippen LogP) is 2.26. The second kappa shape index (κ2) is 7.36. The van der Waals surface area contributed by atoms with Gasteiger partial charge in [0, 0.05) is 24.2 Å². The molecule has 1 saturated heterocycles. The first-order valence-corrected chi connectivity index (χ1v) is 6.87. The number of rotatable bonds is 5. The SMILES string of the molecule is O=C(NCCOc1ccc(Cl)cc1)C1CCOCC1. The minimum atomic E-state index is 0.0873. The molecule has 0 unspecified atom stereocenters. The van der Waals surface area contributed by atoms with Gasteiger partial charge < -0.3 is 14.8 Å². The number of carbonyl (C=O) groups excluding carboxylic acids is 1. The van der Waals surface area contributed by atoms with E-state index in [9.17, 15) is 4.79 Å². The maximum atomic E-state index is 11.8. The molecule has 0 spiro atoms. The predicted molar refractivity (Wildman–Crippen MR) is 73.5 cm³/mol. The van der Waals surface area contributed by atoms with E-state index in [2.05, 4.69) is 5.32 Å². The Kier molecular flexibility index (Phi) is 5.48. The summed E-state index contributed by atoms with van der Waals surface area (Å²) in [4.78, 5) is 11.8. The van der Waals surface area contributed by atoms with Gasteiger partial charge in [0.15, 0.2) is 0 Å². The lowest BCUT2D eigenvalue weighted by molar-refractivity contribution is -0.127. The highest BCUT2D eigenvalue weighted by Crippen LogP contribution is 2.16. The minimum Gasteiger partial charge on any atom is -0.492 e. The molecule has 1 N–H and O–H groups in total. The smallest absolute Gasteiger partial charge is 0.223 e. The van der Waals surface area contributed by atoms with E-state index < -0.39 is 0 Å². The summed E-state index contributed by atoms with van der Waals surface area (Å²) < 4.78 is 10.7. The molecule has 2 rings (SSSR count). The standard InChI is InChI=1S/C14H18ClNO3/c15-12-1-3-13(4-2-12)19-10-7-16-14(17)11-5-8-18-9-6-11/h1-4,11H,5-10H2,(H,16,17). The Bertz CT molecular complexity index is 402. The van der Waals surface area contributed by atoms with Crippen LogP contribution in [0.4, 0.5) is 0 Å². The lowest BCUT2D eigenvalue weighted by Gasteiger charge is -2.21. The molecule has 0 aliphatic carbocycles. The first-order valence-electron chi connectivity index (χ1n) is 6.49. The maximum Gasteiger partial charge on any atom is 0.223 e. The zero-order valence-corrected chi connectivity index (χ0v) is 11.5. The van der Waals surface area contributed by atoms with E-state index in [-0.39, 0.29) is 11.8 Å². The zero-order valence-electron chi connectivity index (χ0n) is 10.7. The third-order valence-corrected chi connectivity index (χ3v) is 3.33. The second-order valence-electron chi connectivity index (χ2n) is 4.48. The Labute approximate surface area is 118 Å². The van der Waals surface area contributed by atoms with Crippen LogP contribution < -0.4 is 10.1 Å². The number of halogens is 1. The Morgan fingerprint density at radius 2 is 2.00 bits per heavy atom. The summed E-state index contributed by atoms with van der Waals surface area (Å²) in [7, 11) is 0. The van der Waals surface area contributed by atoms with Crippen molar-refractivity contribution >= 4 is 17.5 Å². The Morgan fingerprint density at radius 1 is 1.32 bits per heavy atom. The molecule has 1 aliphatic rings. The van der Waals surface area contributed by atoms with E-state index >= 15 is 0 Å². The number of ether oxygens (including phenoxy) is 2. The number of hydrogen-bond donors (Lipinski definition) is 1. The monoisotopic (exact) mass is 283 g/mol. The number of hydrogen-bond acceptors (Lipinski definition) is 3. The summed E-state index contributed by atoms with van der Waals surface area (Å²) in [6.07, 6.45) is 1.62. The van der Waals surface area contributed by atoms with Crippen LogP contribution in [0, 0.1) is 5.92 Å². The average Bonchev–Trinajstić information content (AvgIpc) is 2.46. The van der Waals surface area contributed by atoms with Crippen molar-refractivity contribution in [3.63, 3.8) is 0 Å². The van der Waals surface area contributed by atoms with Gasteiger partial charge in [0.1, 0.15) is 12.4 Å². The van der Waals surface area contributed by atoms with Gasteiger partial charge in [-0.3, -0.25) is 4.79 Å². The van der Waals surface area contributed by atoms with Gasteiger partial charge in [0.2, 0.25) is 5.91 Å². The summed E-state index contributed by atoms with van der Waals surface area (Å²) in [5.74, 6) is 0.942. The molecule has 1 amide bonds. The van der Waals surface area contributed by atoms with Gasteiger partial charge in [-0.2, -0.15) is 0 Å². The summed E-state index contributed by atoms with van der Waals surface area (Å²) in [6.45, 7) is 2.33. The van der Waals surface area contributed by atoms with E-state index in [1.165, 1.54) is 0 Å². The van der Waals surface area contributed by atoms with Crippen molar-refractivity contribution in [2.45, 2.75) is 12.8 Å². The van der Waals surface area contributed by atoms with Crippen LogP contribution in [-0.2, 0) is 9.53 Å². The molecule has 0 saturated carbocycles. The quantitative estimate of drug-likeness (QED) is 0.843. The van der Waals surface area contributed by atoms with Crippen LogP contribution in [0.3, 0.4) is 0 Å². The fraction of sp³-hybridized carbons (Fsp3) is 0.500. The first kappa shape index (κ1) is 14.2. The summed E-state index contributed by atoms with van der Waals surface area (Å²) >= 11 is 5.78. The molecule has 0 atom stereocenters. The molecule has 1 aliphatic heterocycles. The van der Waals surface area contributed by atoms with Crippen LogP contribution in [0.15, 0.2) is 24.3 Å². The van der Waals surface area contributed by atoms with Crippen molar-refractivity contribution < 1.29 is 14.3 Å². The van der Waals surface area contributed by atoms with Gasteiger partial charge in [-0.05, 0) is 37.1 Å². The molecular weight excluding hydrogens is 266 g/mol. The van der Waals surface area contributed by atoms with Crippen LogP contribution in [0.5, 0.6) is 5.75 Å². The normalized spacial score (nSPS) is 16.1. The largest absolute Gasteiger partial charge is 0.492 e. The summed E-state index contributed by atoms with van der Waals surface area (Å²) in [6, 6.07) is 7.17. The molecule has 104 valence electrons. The fourth-order valence-electron chi connectivity index (χ4n) is 1.98. The van der Waals surface area contributed by atoms with Crippen LogP contribution >= 0.6 is 11.6 Å². The van der Waals surface area contributed by atoms with Crippen LogP contribution in [0.25, 0.3) is 0 Å². The molecule has 1 fully saturated rings. The third kappa shape index (κ3) is 4.73. The van der Waals surface area contributed by atoms with Crippen LogP contribution in [0.2, 0.25) is 5.02 Å². The Hall–Kier alpha value is -1.26. The number of amides is 1. The highest BCUT2D eigenvalue weighted by atomic mass is 35.5. The van der Waals surface area contributed by atoms with Crippen LogP contribution in [-0.4, -0.2) is 32.3 Å². The lowest BCUT2D eigenvalue weighted by atomic mass is 9.99. The molecule has 0 radical (unpaired) electrons. The first-order chi connectivity index (χ1) is 9.25. The molecule has 0 bridgehead atoms. The van der Waals surface area contributed by atoms with Crippen molar-refractivity contribution in [2.75, 3.05) is 26.4 Å².